The second kappa shape index (κ2) is 7.45. The summed E-state index contributed by atoms with van der Waals surface area (Å²) in [5.41, 5.74) is -0.204. The Hall–Kier alpha value is -1.05. The number of nitrogens with zero attached hydrogens (tertiary/aromatic N) is 2. The number of aryl methyl sites for hydroxylation is 2. The highest BCUT2D eigenvalue weighted by Gasteiger charge is 2.36. The number of likely N-dealkylation sites (tertiary alicyclic amines) is 1. The Bertz CT molecular complexity index is 578. The van der Waals surface area contributed by atoms with E-state index in [0.29, 0.717) is 26.1 Å². The van der Waals surface area contributed by atoms with Crippen LogP contribution in [0.4, 0.5) is 4.39 Å². The van der Waals surface area contributed by atoms with Gasteiger partial charge in [-0.15, -0.1) is 11.3 Å². The van der Waals surface area contributed by atoms with E-state index in [2.05, 4.69) is 15.2 Å². The molecule has 0 aliphatic carbocycles. The van der Waals surface area contributed by atoms with Gasteiger partial charge in [0, 0.05) is 31.1 Å². The Kier molecular flexibility index (Phi) is 5.52. The second-order valence-corrected chi connectivity index (χ2v) is 8.23. The Morgan fingerprint density at radius 3 is 2.79 bits per heavy atom. The van der Waals surface area contributed by atoms with Crippen molar-refractivity contribution in [2.75, 3.05) is 32.8 Å². The van der Waals surface area contributed by atoms with E-state index >= 15 is 0 Å². The molecular formula is C17H26FN3O2S. The number of aromatic nitrogens is 1. The molecule has 1 amide bonds. The molecule has 0 radical (unpaired) electrons. The lowest BCUT2D eigenvalue weighted by atomic mass is 9.93. The van der Waals surface area contributed by atoms with Crippen LogP contribution in [-0.2, 0) is 16.1 Å². The number of hydrogen-bond donors (Lipinski definition) is 1. The van der Waals surface area contributed by atoms with Gasteiger partial charge in [0.05, 0.1) is 29.8 Å². The maximum Gasteiger partial charge on any atom is 0.225 e. The van der Waals surface area contributed by atoms with Gasteiger partial charge in [0.1, 0.15) is 5.67 Å². The molecule has 3 heterocycles. The fraction of sp³-hybridized carbons (Fsp3) is 0.765. The Morgan fingerprint density at radius 2 is 2.21 bits per heavy atom. The minimum absolute atomic E-state index is 0.0669. The van der Waals surface area contributed by atoms with Crippen molar-refractivity contribution in [3.63, 3.8) is 0 Å². The summed E-state index contributed by atoms with van der Waals surface area (Å²) in [6.07, 6.45) is 1.67. The van der Waals surface area contributed by atoms with Gasteiger partial charge in [-0.05, 0) is 33.1 Å². The lowest BCUT2D eigenvalue weighted by Crippen LogP contribution is -2.48. The van der Waals surface area contributed by atoms with Gasteiger partial charge in [0.25, 0.3) is 0 Å². The molecule has 3 rings (SSSR count). The summed E-state index contributed by atoms with van der Waals surface area (Å²) in [4.78, 5) is 20.0. The number of ether oxygens (including phenoxy) is 1. The third-order valence-corrected chi connectivity index (χ3v) is 6.06. The van der Waals surface area contributed by atoms with Crippen molar-refractivity contribution in [3.05, 3.63) is 15.6 Å². The first-order chi connectivity index (χ1) is 11.5. The lowest BCUT2D eigenvalue weighted by molar-refractivity contribution is -0.125. The van der Waals surface area contributed by atoms with E-state index in [1.807, 2.05) is 13.8 Å². The van der Waals surface area contributed by atoms with Crippen LogP contribution in [-0.4, -0.2) is 54.3 Å². The molecule has 1 aromatic heterocycles. The van der Waals surface area contributed by atoms with Crippen molar-refractivity contribution >= 4 is 17.2 Å². The molecule has 0 aromatic carbocycles. The van der Waals surface area contributed by atoms with E-state index in [1.54, 1.807) is 11.3 Å². The number of carbonyl (C=O) groups excluding carboxylic acids is 1. The highest BCUT2D eigenvalue weighted by molar-refractivity contribution is 7.11. The van der Waals surface area contributed by atoms with Gasteiger partial charge in [-0.2, -0.15) is 0 Å². The molecular weight excluding hydrogens is 329 g/mol. The van der Waals surface area contributed by atoms with E-state index in [-0.39, 0.29) is 18.4 Å². The standard InChI is InChI=1S/C17H26FN3O2S/c1-12-15(24-13(2)20-12)9-21-6-4-17(18,5-7-21)11-19-16(22)14-3-8-23-10-14/h14H,3-11H2,1-2H3,(H,19,22). The summed E-state index contributed by atoms with van der Waals surface area (Å²) in [6.45, 7) is 7.54. The van der Waals surface area contributed by atoms with Gasteiger partial charge in [-0.1, -0.05) is 0 Å². The zero-order valence-corrected chi connectivity index (χ0v) is 15.3. The summed E-state index contributed by atoms with van der Waals surface area (Å²) in [5.74, 6) is -0.172. The fourth-order valence-electron chi connectivity index (χ4n) is 3.34. The molecule has 0 spiro atoms. The maximum atomic E-state index is 14.9. The van der Waals surface area contributed by atoms with Crippen LogP contribution in [0.2, 0.25) is 0 Å². The molecule has 134 valence electrons. The van der Waals surface area contributed by atoms with Gasteiger partial charge in [-0.25, -0.2) is 9.37 Å². The number of piperidine rings is 1. The maximum absolute atomic E-state index is 14.9. The first-order valence-electron chi connectivity index (χ1n) is 8.65. The molecule has 2 aliphatic rings. The van der Waals surface area contributed by atoms with Crippen molar-refractivity contribution in [2.24, 2.45) is 5.92 Å². The number of amides is 1. The van der Waals surface area contributed by atoms with Crippen LogP contribution < -0.4 is 5.32 Å². The summed E-state index contributed by atoms with van der Waals surface area (Å²) < 4.78 is 20.1. The van der Waals surface area contributed by atoms with Gasteiger partial charge in [-0.3, -0.25) is 9.69 Å². The summed E-state index contributed by atoms with van der Waals surface area (Å²) in [7, 11) is 0. The molecule has 1 N–H and O–H groups in total. The average Bonchev–Trinajstić information content (AvgIpc) is 3.18. The number of hydrogen-bond acceptors (Lipinski definition) is 5. The smallest absolute Gasteiger partial charge is 0.225 e. The molecule has 0 saturated carbocycles. The van der Waals surface area contributed by atoms with Gasteiger partial charge in [0.2, 0.25) is 5.91 Å². The Morgan fingerprint density at radius 1 is 1.46 bits per heavy atom. The summed E-state index contributed by atoms with van der Waals surface area (Å²) >= 11 is 1.72. The summed E-state index contributed by atoms with van der Waals surface area (Å²) in [6, 6.07) is 0. The molecule has 2 fully saturated rings. The number of nitrogens with one attached hydrogen (secondary N) is 1. The van der Waals surface area contributed by atoms with Crippen molar-refractivity contribution in [3.8, 4) is 0 Å². The SMILES string of the molecule is Cc1nc(C)c(CN2CCC(F)(CNC(=O)C3CCOC3)CC2)s1. The minimum Gasteiger partial charge on any atom is -0.381 e. The monoisotopic (exact) mass is 355 g/mol. The summed E-state index contributed by atoms with van der Waals surface area (Å²) in [5, 5.41) is 3.87. The normalized spacial score (nSPS) is 24.2. The molecule has 7 heteroatoms. The van der Waals surface area contributed by atoms with E-state index in [4.69, 9.17) is 4.74 Å². The first-order valence-corrected chi connectivity index (χ1v) is 9.46. The van der Waals surface area contributed by atoms with E-state index in [9.17, 15) is 9.18 Å². The second-order valence-electron chi connectivity index (χ2n) is 6.95. The van der Waals surface area contributed by atoms with Crippen LogP contribution in [0.15, 0.2) is 0 Å². The predicted octanol–water partition coefficient (Wildman–Crippen LogP) is 2.22. The topological polar surface area (TPSA) is 54.5 Å². The van der Waals surface area contributed by atoms with Gasteiger partial charge >= 0.3 is 0 Å². The van der Waals surface area contributed by atoms with Crippen LogP contribution in [0.5, 0.6) is 0 Å². The van der Waals surface area contributed by atoms with Crippen molar-refractivity contribution in [2.45, 2.75) is 45.3 Å². The quantitative estimate of drug-likeness (QED) is 0.880. The Labute approximate surface area is 146 Å². The molecule has 2 saturated heterocycles. The van der Waals surface area contributed by atoms with E-state index in [1.165, 1.54) is 4.88 Å². The Balaban J connectivity index is 1.45. The van der Waals surface area contributed by atoms with Crippen LogP contribution >= 0.6 is 11.3 Å². The largest absolute Gasteiger partial charge is 0.381 e. The molecule has 5 nitrogen and oxygen atoms in total. The first kappa shape index (κ1) is 17.8. The van der Waals surface area contributed by atoms with Gasteiger partial charge in [0.15, 0.2) is 0 Å². The van der Waals surface area contributed by atoms with Crippen LogP contribution in [0.25, 0.3) is 0 Å². The number of halogens is 1. The van der Waals surface area contributed by atoms with E-state index < -0.39 is 5.67 Å². The number of alkyl halides is 1. The molecule has 2 aliphatic heterocycles. The van der Waals surface area contributed by atoms with E-state index in [0.717, 1.165) is 36.8 Å². The predicted molar refractivity (Wildman–Crippen MR) is 91.9 cm³/mol. The third-order valence-electron chi connectivity index (χ3n) is 5.00. The number of thiazole rings is 1. The third kappa shape index (κ3) is 4.32. The zero-order valence-electron chi connectivity index (χ0n) is 14.4. The fourth-order valence-corrected chi connectivity index (χ4v) is 4.32. The van der Waals surface area contributed by atoms with Crippen molar-refractivity contribution < 1.29 is 13.9 Å². The highest BCUT2D eigenvalue weighted by atomic mass is 32.1. The van der Waals surface area contributed by atoms with Crippen LogP contribution in [0.3, 0.4) is 0 Å². The molecule has 1 atom stereocenters. The molecule has 24 heavy (non-hydrogen) atoms. The lowest BCUT2D eigenvalue weighted by Gasteiger charge is -2.36. The molecule has 0 bridgehead atoms. The zero-order chi connectivity index (χ0) is 17.2. The molecule has 1 aromatic rings. The number of carbonyl (C=O) groups is 1. The minimum atomic E-state index is -1.29. The molecule has 1 unspecified atom stereocenters. The van der Waals surface area contributed by atoms with Crippen LogP contribution in [0, 0.1) is 19.8 Å². The van der Waals surface area contributed by atoms with Crippen molar-refractivity contribution in [1.29, 1.82) is 0 Å². The van der Waals surface area contributed by atoms with Gasteiger partial charge < -0.3 is 10.1 Å². The average molecular weight is 355 g/mol. The highest BCUT2D eigenvalue weighted by Crippen LogP contribution is 2.28. The van der Waals surface area contributed by atoms with Crippen LogP contribution in [0.1, 0.15) is 34.8 Å². The van der Waals surface area contributed by atoms with Crippen molar-refractivity contribution in [1.82, 2.24) is 15.2 Å². The number of rotatable bonds is 5.